The average Bonchev–Trinajstić information content (AvgIpc) is 2.65. The summed E-state index contributed by atoms with van der Waals surface area (Å²) in [7, 11) is 0. The fraction of sp³-hybridized carbons (Fsp3) is 0.100. The van der Waals surface area contributed by atoms with Gasteiger partial charge in [-0.15, -0.1) is 0 Å². The number of anilines is 1. The van der Waals surface area contributed by atoms with Gasteiger partial charge in [0.05, 0.1) is 10.6 Å². The second-order valence-corrected chi connectivity index (χ2v) is 3.34. The van der Waals surface area contributed by atoms with E-state index in [9.17, 15) is 10.1 Å². The third-order valence-electron chi connectivity index (χ3n) is 2.29. The SMILES string of the molecule is Cc1nocc1-c1ccc(N)c([N+](=O)[O-])c1. The number of nitrogens with zero attached hydrogens (tertiary/aromatic N) is 2. The molecule has 0 spiro atoms. The van der Waals surface area contributed by atoms with Crippen molar-refractivity contribution in [3.8, 4) is 11.1 Å². The van der Waals surface area contributed by atoms with Gasteiger partial charge in [-0.3, -0.25) is 10.1 Å². The monoisotopic (exact) mass is 219 g/mol. The Morgan fingerprint density at radius 1 is 1.50 bits per heavy atom. The van der Waals surface area contributed by atoms with E-state index >= 15 is 0 Å². The number of aromatic nitrogens is 1. The molecule has 0 saturated carbocycles. The number of hydrogen-bond acceptors (Lipinski definition) is 5. The first-order chi connectivity index (χ1) is 7.59. The van der Waals surface area contributed by atoms with Crippen LogP contribution in [0.5, 0.6) is 0 Å². The highest BCUT2D eigenvalue weighted by atomic mass is 16.6. The van der Waals surface area contributed by atoms with Gasteiger partial charge in [0, 0.05) is 11.6 Å². The molecular weight excluding hydrogens is 210 g/mol. The summed E-state index contributed by atoms with van der Waals surface area (Å²) in [5.41, 5.74) is 7.60. The molecular formula is C10H9N3O3. The molecule has 1 aromatic carbocycles. The Bertz CT molecular complexity index is 548. The summed E-state index contributed by atoms with van der Waals surface area (Å²) in [5.74, 6) is 0. The summed E-state index contributed by atoms with van der Waals surface area (Å²) >= 11 is 0. The van der Waals surface area contributed by atoms with E-state index in [1.165, 1.54) is 18.4 Å². The van der Waals surface area contributed by atoms with Crippen LogP contribution in [0, 0.1) is 17.0 Å². The minimum Gasteiger partial charge on any atom is -0.393 e. The second-order valence-electron chi connectivity index (χ2n) is 3.34. The maximum atomic E-state index is 10.7. The number of benzene rings is 1. The quantitative estimate of drug-likeness (QED) is 0.474. The highest BCUT2D eigenvalue weighted by Gasteiger charge is 2.14. The van der Waals surface area contributed by atoms with Gasteiger partial charge in [-0.25, -0.2) is 0 Å². The molecule has 2 N–H and O–H groups in total. The second kappa shape index (κ2) is 3.65. The summed E-state index contributed by atoms with van der Waals surface area (Å²) < 4.78 is 4.78. The van der Waals surface area contributed by atoms with Gasteiger partial charge >= 0.3 is 0 Å². The minimum absolute atomic E-state index is 0.113. The normalized spacial score (nSPS) is 10.3. The number of nitrogens with two attached hydrogens (primary N) is 1. The summed E-state index contributed by atoms with van der Waals surface area (Å²) in [5, 5.41) is 14.4. The molecule has 2 aromatic rings. The van der Waals surface area contributed by atoms with Crippen molar-refractivity contribution in [3.05, 3.63) is 40.3 Å². The predicted molar refractivity (Wildman–Crippen MR) is 57.7 cm³/mol. The Morgan fingerprint density at radius 2 is 2.25 bits per heavy atom. The first-order valence-electron chi connectivity index (χ1n) is 4.55. The molecule has 0 radical (unpaired) electrons. The van der Waals surface area contributed by atoms with E-state index in [0.29, 0.717) is 11.3 Å². The lowest BCUT2D eigenvalue weighted by Gasteiger charge is -2.00. The molecule has 0 aliphatic heterocycles. The van der Waals surface area contributed by atoms with Crippen LogP contribution in [0.15, 0.2) is 29.0 Å². The highest BCUT2D eigenvalue weighted by Crippen LogP contribution is 2.29. The molecule has 16 heavy (non-hydrogen) atoms. The Balaban J connectivity index is 2.56. The summed E-state index contributed by atoms with van der Waals surface area (Å²) in [6.07, 6.45) is 1.45. The number of rotatable bonds is 2. The Kier molecular flexibility index (Phi) is 2.32. The lowest BCUT2D eigenvalue weighted by molar-refractivity contribution is -0.383. The molecule has 2 rings (SSSR count). The zero-order valence-corrected chi connectivity index (χ0v) is 8.51. The van der Waals surface area contributed by atoms with Crippen LogP contribution in [-0.2, 0) is 0 Å². The van der Waals surface area contributed by atoms with Gasteiger partial charge in [0.15, 0.2) is 0 Å². The van der Waals surface area contributed by atoms with Gasteiger partial charge < -0.3 is 10.3 Å². The van der Waals surface area contributed by atoms with Crippen molar-refractivity contribution in [1.29, 1.82) is 0 Å². The molecule has 0 fully saturated rings. The third-order valence-corrected chi connectivity index (χ3v) is 2.29. The molecule has 0 unspecified atom stereocenters. The average molecular weight is 219 g/mol. The molecule has 0 saturated heterocycles. The standard InChI is InChI=1S/C10H9N3O3/c1-6-8(5-16-12-6)7-2-3-9(11)10(4-7)13(14)15/h2-5H,11H2,1H3. The van der Waals surface area contributed by atoms with Gasteiger partial charge in [0.1, 0.15) is 12.0 Å². The molecule has 6 heteroatoms. The van der Waals surface area contributed by atoms with Crippen molar-refractivity contribution >= 4 is 11.4 Å². The topological polar surface area (TPSA) is 95.2 Å². The fourth-order valence-corrected chi connectivity index (χ4v) is 1.44. The van der Waals surface area contributed by atoms with Crippen LogP contribution in [0.1, 0.15) is 5.69 Å². The molecule has 0 amide bonds. The van der Waals surface area contributed by atoms with Gasteiger partial charge in [-0.2, -0.15) is 0 Å². The third kappa shape index (κ3) is 1.60. The summed E-state index contributed by atoms with van der Waals surface area (Å²) in [6.45, 7) is 1.76. The van der Waals surface area contributed by atoms with Crippen molar-refractivity contribution in [2.45, 2.75) is 6.92 Å². The molecule has 0 bridgehead atoms. The number of aryl methyl sites for hydroxylation is 1. The van der Waals surface area contributed by atoms with E-state index in [1.807, 2.05) is 0 Å². The van der Waals surface area contributed by atoms with Crippen LogP contribution in [-0.4, -0.2) is 10.1 Å². The van der Waals surface area contributed by atoms with E-state index in [4.69, 9.17) is 10.3 Å². The lowest BCUT2D eigenvalue weighted by Crippen LogP contribution is -1.95. The zero-order chi connectivity index (χ0) is 11.7. The smallest absolute Gasteiger partial charge is 0.292 e. The van der Waals surface area contributed by atoms with Crippen LogP contribution >= 0.6 is 0 Å². The van der Waals surface area contributed by atoms with Gasteiger partial charge in [0.2, 0.25) is 0 Å². The lowest BCUT2D eigenvalue weighted by atomic mass is 10.1. The van der Waals surface area contributed by atoms with Crippen molar-refractivity contribution in [3.63, 3.8) is 0 Å². The first-order valence-corrected chi connectivity index (χ1v) is 4.55. The van der Waals surface area contributed by atoms with Crippen LogP contribution in [0.4, 0.5) is 11.4 Å². The Morgan fingerprint density at radius 3 is 2.81 bits per heavy atom. The van der Waals surface area contributed by atoms with Crippen LogP contribution in [0.25, 0.3) is 11.1 Å². The van der Waals surface area contributed by atoms with E-state index in [2.05, 4.69) is 5.16 Å². The molecule has 0 atom stereocenters. The minimum atomic E-state index is -0.512. The number of hydrogen-bond donors (Lipinski definition) is 1. The molecule has 6 nitrogen and oxygen atoms in total. The van der Waals surface area contributed by atoms with E-state index < -0.39 is 4.92 Å². The Hall–Kier alpha value is -2.37. The van der Waals surface area contributed by atoms with Crippen LogP contribution in [0.2, 0.25) is 0 Å². The van der Waals surface area contributed by atoms with E-state index in [-0.39, 0.29) is 11.4 Å². The van der Waals surface area contributed by atoms with Crippen LogP contribution < -0.4 is 5.73 Å². The van der Waals surface area contributed by atoms with Crippen molar-refractivity contribution in [1.82, 2.24) is 5.16 Å². The van der Waals surface area contributed by atoms with Gasteiger partial charge in [-0.1, -0.05) is 11.2 Å². The van der Waals surface area contributed by atoms with Crippen molar-refractivity contribution < 1.29 is 9.45 Å². The molecule has 1 heterocycles. The zero-order valence-electron chi connectivity index (χ0n) is 8.51. The maximum Gasteiger partial charge on any atom is 0.292 e. The predicted octanol–water partition coefficient (Wildman–Crippen LogP) is 2.14. The van der Waals surface area contributed by atoms with Crippen LogP contribution in [0.3, 0.4) is 0 Å². The van der Waals surface area contributed by atoms with Gasteiger partial charge in [0.25, 0.3) is 5.69 Å². The molecule has 82 valence electrons. The highest BCUT2D eigenvalue weighted by molar-refractivity contribution is 5.72. The van der Waals surface area contributed by atoms with E-state index in [1.54, 1.807) is 13.0 Å². The van der Waals surface area contributed by atoms with E-state index in [0.717, 1.165) is 5.56 Å². The summed E-state index contributed by atoms with van der Waals surface area (Å²) in [4.78, 5) is 10.2. The van der Waals surface area contributed by atoms with Gasteiger partial charge in [-0.05, 0) is 18.6 Å². The van der Waals surface area contributed by atoms with Crippen molar-refractivity contribution in [2.24, 2.45) is 0 Å². The first kappa shape index (κ1) is 10.2. The number of nitro benzene ring substituents is 1. The number of nitrogen functional groups attached to an aromatic ring is 1. The molecule has 0 aliphatic rings. The Labute approximate surface area is 90.8 Å². The maximum absolute atomic E-state index is 10.7. The summed E-state index contributed by atoms with van der Waals surface area (Å²) in [6, 6.07) is 4.61. The molecule has 1 aromatic heterocycles. The number of nitro groups is 1. The fourth-order valence-electron chi connectivity index (χ4n) is 1.44. The van der Waals surface area contributed by atoms with Crippen molar-refractivity contribution in [2.75, 3.05) is 5.73 Å². The largest absolute Gasteiger partial charge is 0.393 e. The molecule has 0 aliphatic carbocycles.